The summed E-state index contributed by atoms with van der Waals surface area (Å²) >= 11 is 0. The predicted octanol–water partition coefficient (Wildman–Crippen LogP) is 1.00. The van der Waals surface area contributed by atoms with Gasteiger partial charge in [0.05, 0.1) is 5.69 Å². The molecule has 1 heterocycles. The highest BCUT2D eigenvalue weighted by atomic mass is 16.2. The minimum atomic E-state index is -0.261. The smallest absolute Gasteiger partial charge is 0.273 e. The lowest BCUT2D eigenvalue weighted by molar-refractivity contribution is -0.114. The lowest BCUT2D eigenvalue weighted by Crippen LogP contribution is -2.25. The van der Waals surface area contributed by atoms with Crippen molar-refractivity contribution in [2.75, 3.05) is 11.9 Å². The molecule has 1 rings (SSSR count). The van der Waals surface area contributed by atoms with E-state index in [2.05, 4.69) is 15.7 Å². The Balaban J connectivity index is 2.90. The first-order chi connectivity index (χ1) is 8.08. The molecule has 1 aromatic rings. The number of anilines is 1. The van der Waals surface area contributed by atoms with Crippen molar-refractivity contribution in [2.45, 2.75) is 33.7 Å². The number of carbonyl (C=O) groups excluding carboxylic acids is 2. The molecule has 6 nitrogen and oxygen atoms in total. The minimum absolute atomic E-state index is 0.217. The van der Waals surface area contributed by atoms with E-state index >= 15 is 0 Å². The molecule has 0 radical (unpaired) electrons. The van der Waals surface area contributed by atoms with Gasteiger partial charge in [0, 0.05) is 26.2 Å². The van der Waals surface area contributed by atoms with E-state index in [1.165, 1.54) is 6.92 Å². The molecule has 0 bridgehead atoms. The Kier molecular flexibility index (Phi) is 4.68. The SMILES string of the molecule is CCCNC(=O)c1nn(CC)cc1NC(C)=O. The van der Waals surface area contributed by atoms with Gasteiger partial charge in [-0.25, -0.2) is 0 Å². The highest BCUT2D eigenvalue weighted by Crippen LogP contribution is 2.13. The van der Waals surface area contributed by atoms with Crippen LogP contribution in [0.1, 0.15) is 37.7 Å². The maximum absolute atomic E-state index is 11.8. The zero-order chi connectivity index (χ0) is 12.8. The fourth-order valence-corrected chi connectivity index (χ4v) is 1.35. The Hall–Kier alpha value is -1.85. The van der Waals surface area contributed by atoms with Crippen LogP contribution in [0.2, 0.25) is 0 Å². The quantitative estimate of drug-likeness (QED) is 0.803. The largest absolute Gasteiger partial charge is 0.351 e. The van der Waals surface area contributed by atoms with Crippen molar-refractivity contribution in [1.29, 1.82) is 0 Å². The zero-order valence-corrected chi connectivity index (χ0v) is 10.4. The Morgan fingerprint density at radius 3 is 2.65 bits per heavy atom. The van der Waals surface area contributed by atoms with Gasteiger partial charge in [0.1, 0.15) is 0 Å². The number of nitrogens with zero attached hydrogens (tertiary/aromatic N) is 2. The van der Waals surface area contributed by atoms with Crippen LogP contribution in [0.15, 0.2) is 6.20 Å². The average Bonchev–Trinajstić information content (AvgIpc) is 2.68. The van der Waals surface area contributed by atoms with Gasteiger partial charge in [-0.2, -0.15) is 5.10 Å². The lowest BCUT2D eigenvalue weighted by atomic mass is 10.3. The Morgan fingerprint density at radius 2 is 2.12 bits per heavy atom. The normalized spacial score (nSPS) is 10.1. The molecule has 0 unspecified atom stereocenters. The van der Waals surface area contributed by atoms with Gasteiger partial charge in [-0.3, -0.25) is 14.3 Å². The van der Waals surface area contributed by atoms with Gasteiger partial charge in [0.2, 0.25) is 5.91 Å². The van der Waals surface area contributed by atoms with E-state index < -0.39 is 0 Å². The van der Waals surface area contributed by atoms with Crippen molar-refractivity contribution in [2.24, 2.45) is 0 Å². The lowest BCUT2D eigenvalue weighted by Gasteiger charge is -2.03. The number of amides is 2. The van der Waals surface area contributed by atoms with Gasteiger partial charge in [-0.1, -0.05) is 6.92 Å². The molecule has 17 heavy (non-hydrogen) atoms. The predicted molar refractivity (Wildman–Crippen MR) is 64.8 cm³/mol. The third-order valence-electron chi connectivity index (χ3n) is 2.15. The summed E-state index contributed by atoms with van der Waals surface area (Å²) < 4.78 is 1.62. The second-order valence-electron chi connectivity index (χ2n) is 3.68. The van der Waals surface area contributed by atoms with Crippen molar-refractivity contribution in [3.05, 3.63) is 11.9 Å². The molecule has 0 saturated heterocycles. The summed E-state index contributed by atoms with van der Waals surface area (Å²) in [6, 6.07) is 0. The van der Waals surface area contributed by atoms with Crippen molar-refractivity contribution < 1.29 is 9.59 Å². The van der Waals surface area contributed by atoms with Gasteiger partial charge in [0.15, 0.2) is 5.69 Å². The average molecular weight is 238 g/mol. The molecule has 0 spiro atoms. The van der Waals surface area contributed by atoms with E-state index in [4.69, 9.17) is 0 Å². The molecule has 0 aliphatic carbocycles. The number of rotatable bonds is 5. The summed E-state index contributed by atoms with van der Waals surface area (Å²) in [4.78, 5) is 22.8. The van der Waals surface area contributed by atoms with E-state index in [-0.39, 0.29) is 17.5 Å². The Morgan fingerprint density at radius 1 is 1.41 bits per heavy atom. The summed E-state index contributed by atoms with van der Waals surface area (Å²) in [7, 11) is 0. The number of carbonyl (C=O) groups is 2. The van der Waals surface area contributed by atoms with Crippen LogP contribution in [0.4, 0.5) is 5.69 Å². The summed E-state index contributed by atoms with van der Waals surface area (Å²) in [5.41, 5.74) is 0.712. The standard InChI is InChI=1S/C11H18N4O2/c1-4-6-12-11(17)10-9(13-8(3)16)7-15(5-2)14-10/h7H,4-6H2,1-3H3,(H,12,17)(H,13,16). The number of aromatic nitrogens is 2. The van der Waals surface area contributed by atoms with Crippen LogP contribution in [0.25, 0.3) is 0 Å². The summed E-state index contributed by atoms with van der Waals surface area (Å²) in [6.45, 7) is 6.53. The first kappa shape index (κ1) is 13.2. The fraction of sp³-hybridized carbons (Fsp3) is 0.545. The fourth-order valence-electron chi connectivity index (χ4n) is 1.35. The molecular weight excluding hydrogens is 220 g/mol. The van der Waals surface area contributed by atoms with Crippen LogP contribution in [-0.4, -0.2) is 28.1 Å². The third kappa shape index (κ3) is 3.58. The van der Waals surface area contributed by atoms with Crippen LogP contribution >= 0.6 is 0 Å². The molecule has 0 aromatic carbocycles. The third-order valence-corrected chi connectivity index (χ3v) is 2.15. The number of nitrogens with one attached hydrogen (secondary N) is 2. The molecule has 0 aliphatic heterocycles. The number of hydrogen-bond donors (Lipinski definition) is 2. The topological polar surface area (TPSA) is 76.0 Å². The maximum atomic E-state index is 11.8. The summed E-state index contributed by atoms with van der Waals surface area (Å²) in [5.74, 6) is -0.479. The minimum Gasteiger partial charge on any atom is -0.351 e. The van der Waals surface area contributed by atoms with E-state index in [1.807, 2.05) is 13.8 Å². The second kappa shape index (κ2) is 6.03. The van der Waals surface area contributed by atoms with E-state index in [0.29, 0.717) is 18.8 Å². The van der Waals surface area contributed by atoms with Crippen LogP contribution in [-0.2, 0) is 11.3 Å². The van der Waals surface area contributed by atoms with Crippen molar-refractivity contribution in [3.63, 3.8) is 0 Å². The van der Waals surface area contributed by atoms with Gasteiger partial charge in [-0.05, 0) is 13.3 Å². The van der Waals surface area contributed by atoms with E-state index in [1.54, 1.807) is 10.9 Å². The van der Waals surface area contributed by atoms with Crippen LogP contribution in [0.3, 0.4) is 0 Å². The highest BCUT2D eigenvalue weighted by molar-refractivity contribution is 6.01. The summed E-state index contributed by atoms with van der Waals surface area (Å²) in [5, 5.41) is 9.46. The highest BCUT2D eigenvalue weighted by Gasteiger charge is 2.16. The van der Waals surface area contributed by atoms with Crippen LogP contribution in [0, 0.1) is 0 Å². The molecular formula is C11H18N4O2. The van der Waals surface area contributed by atoms with Gasteiger partial charge < -0.3 is 10.6 Å². The number of hydrogen-bond acceptors (Lipinski definition) is 3. The van der Waals surface area contributed by atoms with Gasteiger partial charge in [0.25, 0.3) is 5.91 Å². The second-order valence-corrected chi connectivity index (χ2v) is 3.68. The zero-order valence-electron chi connectivity index (χ0n) is 10.4. The Labute approximate surface area is 100 Å². The monoisotopic (exact) mass is 238 g/mol. The molecule has 1 aromatic heterocycles. The van der Waals surface area contributed by atoms with Gasteiger partial charge >= 0.3 is 0 Å². The van der Waals surface area contributed by atoms with Crippen molar-refractivity contribution in [1.82, 2.24) is 15.1 Å². The molecule has 0 saturated carbocycles. The molecule has 0 aliphatic rings. The van der Waals surface area contributed by atoms with Crippen LogP contribution in [0.5, 0.6) is 0 Å². The summed E-state index contributed by atoms with van der Waals surface area (Å²) in [6.07, 6.45) is 2.51. The van der Waals surface area contributed by atoms with Crippen LogP contribution < -0.4 is 10.6 Å². The van der Waals surface area contributed by atoms with Crippen molar-refractivity contribution in [3.8, 4) is 0 Å². The first-order valence-corrected chi connectivity index (χ1v) is 5.71. The number of aryl methyl sites for hydroxylation is 1. The first-order valence-electron chi connectivity index (χ1n) is 5.71. The van der Waals surface area contributed by atoms with Crippen molar-refractivity contribution >= 4 is 17.5 Å². The molecule has 6 heteroatoms. The molecule has 2 N–H and O–H groups in total. The maximum Gasteiger partial charge on any atom is 0.273 e. The Bertz CT molecular complexity index is 412. The van der Waals surface area contributed by atoms with E-state index in [0.717, 1.165) is 6.42 Å². The van der Waals surface area contributed by atoms with Gasteiger partial charge in [-0.15, -0.1) is 0 Å². The molecule has 0 atom stereocenters. The molecule has 0 fully saturated rings. The molecule has 2 amide bonds. The van der Waals surface area contributed by atoms with E-state index in [9.17, 15) is 9.59 Å². The molecule has 94 valence electrons.